The van der Waals surface area contributed by atoms with E-state index in [0.717, 1.165) is 0 Å². The van der Waals surface area contributed by atoms with E-state index in [1.54, 1.807) is 37.3 Å². The van der Waals surface area contributed by atoms with Crippen molar-refractivity contribution in [2.24, 2.45) is 23.5 Å². The van der Waals surface area contributed by atoms with Crippen molar-refractivity contribution >= 4 is 34.1 Å². The van der Waals surface area contributed by atoms with Crippen LogP contribution >= 0.6 is 0 Å². The number of carbonyl (C=O) groups excluding carboxylic acids is 3. The summed E-state index contributed by atoms with van der Waals surface area (Å²) in [5, 5.41) is 33.2. The van der Waals surface area contributed by atoms with E-state index in [2.05, 4.69) is 4.98 Å². The highest BCUT2D eigenvalue weighted by atomic mass is 16.3. The molecule has 33 heavy (non-hydrogen) atoms. The maximum atomic E-state index is 13.6. The molecule has 4 atom stereocenters. The van der Waals surface area contributed by atoms with Crippen LogP contribution in [0.1, 0.15) is 17.5 Å². The van der Waals surface area contributed by atoms with Crippen LogP contribution in [0.5, 0.6) is 5.75 Å². The number of allylic oxidation sites excluding steroid dienone is 1. The third-order valence-corrected chi connectivity index (χ3v) is 7.13. The molecular weight excluding hydrogens is 426 g/mol. The Balaban J connectivity index is 1.71. The van der Waals surface area contributed by atoms with Crippen LogP contribution in [-0.2, 0) is 20.8 Å². The summed E-state index contributed by atoms with van der Waals surface area (Å²) in [4.78, 5) is 44.8. The third-order valence-electron chi connectivity index (χ3n) is 7.13. The monoisotopic (exact) mass is 449 g/mol. The van der Waals surface area contributed by atoms with Crippen LogP contribution in [0.15, 0.2) is 41.3 Å². The number of fused-ring (bicyclic) bond motifs is 5. The van der Waals surface area contributed by atoms with Gasteiger partial charge in [-0.25, -0.2) is 0 Å². The molecule has 0 radical (unpaired) electrons. The Kier molecular flexibility index (Phi) is 4.58. The number of primary amides is 1. The zero-order valence-electron chi connectivity index (χ0n) is 18.1. The number of aromatic hydroxyl groups is 1. The molecule has 9 heteroatoms. The summed E-state index contributed by atoms with van der Waals surface area (Å²) in [5.74, 6) is -5.83. The van der Waals surface area contributed by atoms with Crippen LogP contribution in [-0.4, -0.2) is 62.8 Å². The number of phenolic OH excluding ortho intramolecular Hbond substituents is 1. The number of rotatable bonds is 2. The van der Waals surface area contributed by atoms with Gasteiger partial charge in [0.1, 0.15) is 22.8 Å². The van der Waals surface area contributed by atoms with Gasteiger partial charge in [0.2, 0.25) is 0 Å². The first-order valence-corrected chi connectivity index (χ1v) is 10.6. The first kappa shape index (κ1) is 21.1. The Morgan fingerprint density at radius 3 is 2.58 bits per heavy atom. The molecule has 2 aromatic rings. The number of nitrogens with two attached hydrogens (primary N) is 1. The first-order chi connectivity index (χ1) is 15.6. The molecule has 1 aromatic heterocycles. The highest BCUT2D eigenvalue weighted by Gasteiger charge is 2.55. The average Bonchev–Trinajstić information content (AvgIpc) is 2.72. The lowest BCUT2D eigenvalue weighted by Gasteiger charge is -2.46. The van der Waals surface area contributed by atoms with Crippen LogP contribution in [0.3, 0.4) is 0 Å². The van der Waals surface area contributed by atoms with Crippen molar-refractivity contribution in [3.05, 3.63) is 52.4 Å². The number of carbonyl (C=O) groups is 3. The number of hydrogen-bond acceptors (Lipinski definition) is 8. The molecule has 1 heterocycles. The van der Waals surface area contributed by atoms with Crippen molar-refractivity contribution in [2.75, 3.05) is 14.1 Å². The second-order valence-electron chi connectivity index (χ2n) is 9.13. The quantitative estimate of drug-likeness (QED) is 0.396. The molecule has 170 valence electrons. The van der Waals surface area contributed by atoms with Gasteiger partial charge in [-0.05, 0) is 56.5 Å². The summed E-state index contributed by atoms with van der Waals surface area (Å²) in [5.41, 5.74) is 6.24. The first-order valence-electron chi connectivity index (χ1n) is 10.6. The number of pyridine rings is 1. The fourth-order valence-electron chi connectivity index (χ4n) is 5.90. The van der Waals surface area contributed by atoms with Crippen molar-refractivity contribution in [1.82, 2.24) is 9.88 Å². The van der Waals surface area contributed by atoms with E-state index < -0.39 is 52.6 Å². The van der Waals surface area contributed by atoms with Crippen molar-refractivity contribution in [3.8, 4) is 5.75 Å². The summed E-state index contributed by atoms with van der Waals surface area (Å²) < 4.78 is 0. The number of phenols is 1. The zero-order chi connectivity index (χ0) is 23.8. The van der Waals surface area contributed by atoms with E-state index in [-0.39, 0.29) is 22.6 Å². The number of nitrogens with zero attached hydrogens (tertiary/aromatic N) is 2. The van der Waals surface area contributed by atoms with Crippen molar-refractivity contribution in [2.45, 2.75) is 18.9 Å². The maximum absolute atomic E-state index is 13.6. The Bertz CT molecular complexity index is 1320. The lowest BCUT2D eigenvalue weighted by molar-refractivity contribution is -0.136. The Morgan fingerprint density at radius 1 is 1.18 bits per heavy atom. The predicted octanol–water partition coefficient (Wildman–Crippen LogP) is 1.40. The molecule has 3 aliphatic carbocycles. The molecule has 0 saturated heterocycles. The van der Waals surface area contributed by atoms with Gasteiger partial charge in [0.15, 0.2) is 11.6 Å². The Labute approximate surface area is 188 Å². The molecule has 0 aliphatic heterocycles. The lowest BCUT2D eigenvalue weighted by Crippen LogP contribution is -2.55. The standard InChI is InChI=1S/C24H23N3O6/c1-27(2)19-12-7-10-6-11-15(13(28)8-9-4-3-5-26-18(9)11)20(29)14(10)21(30)16(12)22(31)17(23(19)32)24(25)33/h3-5,8,10,12,16,19,28-29,32H,6-7H2,1-2H3,(H2,25,33)/t10?,12-,16?,19+/m1/s1. The van der Waals surface area contributed by atoms with Crippen LogP contribution < -0.4 is 5.73 Å². The van der Waals surface area contributed by atoms with Gasteiger partial charge >= 0.3 is 0 Å². The van der Waals surface area contributed by atoms with E-state index in [9.17, 15) is 29.7 Å². The van der Waals surface area contributed by atoms with Gasteiger partial charge in [0, 0.05) is 17.2 Å². The molecule has 1 saturated carbocycles. The normalized spacial score (nSPS) is 27.0. The van der Waals surface area contributed by atoms with E-state index >= 15 is 0 Å². The molecule has 2 unspecified atom stereocenters. The second kappa shape index (κ2) is 7.14. The van der Waals surface area contributed by atoms with Crippen molar-refractivity contribution in [1.29, 1.82) is 0 Å². The zero-order valence-corrected chi connectivity index (χ0v) is 18.1. The summed E-state index contributed by atoms with van der Waals surface area (Å²) >= 11 is 0. The fraction of sp³-hybridized carbons (Fsp3) is 0.333. The Morgan fingerprint density at radius 2 is 1.91 bits per heavy atom. The summed E-state index contributed by atoms with van der Waals surface area (Å²) in [6, 6.07) is 4.27. The van der Waals surface area contributed by atoms with Crippen molar-refractivity contribution < 1.29 is 29.7 Å². The number of Topliss-reactive ketones (excluding diaryl/α,β-unsaturated/α-hetero) is 2. The van der Waals surface area contributed by atoms with E-state index in [4.69, 9.17) is 5.73 Å². The smallest absolute Gasteiger partial charge is 0.255 e. The van der Waals surface area contributed by atoms with Gasteiger partial charge in [0.05, 0.1) is 23.0 Å². The Hall–Kier alpha value is -3.72. The fourth-order valence-corrected chi connectivity index (χ4v) is 5.90. The van der Waals surface area contributed by atoms with Gasteiger partial charge in [-0.15, -0.1) is 0 Å². The summed E-state index contributed by atoms with van der Waals surface area (Å²) in [6.07, 6.45) is 2.26. The highest BCUT2D eigenvalue weighted by Crippen LogP contribution is 2.51. The number of hydrogen-bond donors (Lipinski definition) is 4. The second-order valence-corrected chi connectivity index (χ2v) is 9.13. The number of aliphatic hydroxyl groups excluding tert-OH is 2. The molecule has 0 spiro atoms. The number of aromatic nitrogens is 1. The molecule has 0 bridgehead atoms. The number of ketones is 2. The van der Waals surface area contributed by atoms with Crippen LogP contribution in [0.2, 0.25) is 0 Å². The van der Waals surface area contributed by atoms with Gasteiger partial charge < -0.3 is 21.1 Å². The number of aliphatic hydroxyl groups is 2. The van der Waals surface area contributed by atoms with E-state index in [1.807, 2.05) is 0 Å². The van der Waals surface area contributed by atoms with Gasteiger partial charge in [0.25, 0.3) is 5.91 Å². The number of benzene rings is 1. The molecule has 5 rings (SSSR count). The molecular formula is C24H23N3O6. The lowest BCUT2D eigenvalue weighted by atomic mass is 9.59. The maximum Gasteiger partial charge on any atom is 0.255 e. The minimum absolute atomic E-state index is 0.0606. The van der Waals surface area contributed by atoms with Gasteiger partial charge in [-0.1, -0.05) is 6.07 Å². The third kappa shape index (κ3) is 2.82. The van der Waals surface area contributed by atoms with E-state index in [0.29, 0.717) is 29.3 Å². The van der Waals surface area contributed by atoms with Gasteiger partial charge in [-0.2, -0.15) is 0 Å². The minimum atomic E-state index is -1.26. The van der Waals surface area contributed by atoms with Crippen LogP contribution in [0.25, 0.3) is 16.7 Å². The molecule has 1 aromatic carbocycles. The van der Waals surface area contributed by atoms with Crippen molar-refractivity contribution in [3.63, 3.8) is 0 Å². The predicted molar refractivity (Wildman–Crippen MR) is 118 cm³/mol. The minimum Gasteiger partial charge on any atom is -0.510 e. The molecule has 1 amide bonds. The van der Waals surface area contributed by atoms with Crippen LogP contribution in [0.4, 0.5) is 0 Å². The summed E-state index contributed by atoms with van der Waals surface area (Å²) in [6.45, 7) is 0. The number of likely N-dealkylation sites (N-methyl/N-ethyl adjacent to an activating group) is 1. The summed E-state index contributed by atoms with van der Waals surface area (Å²) in [7, 11) is 3.37. The van der Waals surface area contributed by atoms with Crippen LogP contribution in [0, 0.1) is 17.8 Å². The van der Waals surface area contributed by atoms with Gasteiger partial charge in [-0.3, -0.25) is 24.3 Å². The average molecular weight is 449 g/mol. The molecule has 5 N–H and O–H groups in total. The molecule has 1 fully saturated rings. The van der Waals surface area contributed by atoms with E-state index in [1.165, 1.54) is 6.07 Å². The highest BCUT2D eigenvalue weighted by molar-refractivity contribution is 6.28. The molecule has 9 nitrogen and oxygen atoms in total. The topological polar surface area (TPSA) is 154 Å². The SMILES string of the molecule is CN(C)[C@@H]1C(O)=C(C(N)=O)C(=O)C2C(=O)C3=C(O)c4c(O)cc5cccnc5c4CC3C[C@H]21. The number of amides is 1. The molecule has 3 aliphatic rings. The largest absolute Gasteiger partial charge is 0.510 e.